The zero-order valence-electron chi connectivity index (χ0n) is 12.0. The van der Waals surface area contributed by atoms with Crippen molar-refractivity contribution in [1.29, 1.82) is 0 Å². The van der Waals surface area contributed by atoms with Crippen LogP contribution in [0.15, 0.2) is 24.3 Å². The average molecular weight is 270 g/mol. The maximum atomic E-state index is 12.4. The first kappa shape index (κ1) is 14.6. The molecule has 0 aromatic heterocycles. The zero-order chi connectivity index (χ0) is 14.4. The number of carbonyl (C=O) groups excluding carboxylic acids is 1. The molecule has 0 atom stereocenters. The van der Waals surface area contributed by atoms with Crippen molar-refractivity contribution in [2.75, 3.05) is 11.9 Å². The minimum Gasteiger partial charge on any atom is -0.326 e. The first-order chi connectivity index (χ1) is 9.64. The Morgan fingerprint density at radius 1 is 1.35 bits per heavy atom. The molecule has 1 amide bonds. The number of benzene rings is 1. The number of hydrogen-bond donors (Lipinski definition) is 2. The highest BCUT2D eigenvalue weighted by molar-refractivity contribution is 5.95. The second-order valence-electron chi connectivity index (χ2n) is 5.66. The lowest BCUT2D eigenvalue weighted by Crippen LogP contribution is -2.35. The van der Waals surface area contributed by atoms with Crippen LogP contribution in [-0.2, 0) is 4.79 Å². The van der Waals surface area contributed by atoms with Crippen molar-refractivity contribution in [2.45, 2.75) is 39.0 Å². The fraction of sp³-hybridized carbons (Fsp3) is 0.471. The van der Waals surface area contributed by atoms with Gasteiger partial charge in [-0.05, 0) is 31.0 Å². The topological polar surface area (TPSA) is 55.1 Å². The molecule has 2 rings (SSSR count). The van der Waals surface area contributed by atoms with E-state index in [1.165, 1.54) is 6.42 Å². The predicted molar refractivity (Wildman–Crippen MR) is 82.2 cm³/mol. The molecule has 3 nitrogen and oxygen atoms in total. The summed E-state index contributed by atoms with van der Waals surface area (Å²) in [5, 5.41) is 3.03. The van der Waals surface area contributed by atoms with Crippen LogP contribution in [0.3, 0.4) is 0 Å². The second-order valence-corrected chi connectivity index (χ2v) is 5.66. The number of carbonyl (C=O) groups is 1. The van der Waals surface area contributed by atoms with Crippen molar-refractivity contribution < 1.29 is 4.79 Å². The number of nitrogens with two attached hydrogens (primary N) is 1. The molecule has 0 heterocycles. The summed E-state index contributed by atoms with van der Waals surface area (Å²) in [7, 11) is 0. The van der Waals surface area contributed by atoms with Gasteiger partial charge in [0.15, 0.2) is 0 Å². The van der Waals surface area contributed by atoms with Crippen LogP contribution in [0.25, 0.3) is 0 Å². The zero-order valence-corrected chi connectivity index (χ0v) is 12.0. The van der Waals surface area contributed by atoms with Gasteiger partial charge in [-0.15, -0.1) is 0 Å². The van der Waals surface area contributed by atoms with E-state index in [0.717, 1.165) is 36.9 Å². The van der Waals surface area contributed by atoms with E-state index in [1.807, 2.05) is 24.3 Å². The fourth-order valence-electron chi connectivity index (χ4n) is 2.67. The van der Waals surface area contributed by atoms with E-state index < -0.39 is 0 Å². The van der Waals surface area contributed by atoms with Crippen molar-refractivity contribution in [3.8, 4) is 11.8 Å². The van der Waals surface area contributed by atoms with Gasteiger partial charge in [0.25, 0.3) is 0 Å². The molecule has 1 aromatic carbocycles. The summed E-state index contributed by atoms with van der Waals surface area (Å²) in [6.07, 6.45) is 5.49. The molecule has 3 heteroatoms. The summed E-state index contributed by atoms with van der Waals surface area (Å²) in [6.45, 7) is 2.41. The number of anilines is 1. The van der Waals surface area contributed by atoms with Crippen molar-refractivity contribution in [3.05, 3.63) is 29.8 Å². The normalized spacial score (nSPS) is 16.9. The predicted octanol–water partition coefficient (Wildman–Crippen LogP) is 2.91. The number of rotatable bonds is 2. The van der Waals surface area contributed by atoms with Gasteiger partial charge in [-0.25, -0.2) is 0 Å². The van der Waals surface area contributed by atoms with Crippen molar-refractivity contribution >= 4 is 11.6 Å². The van der Waals surface area contributed by atoms with Crippen LogP contribution in [0.1, 0.15) is 44.6 Å². The van der Waals surface area contributed by atoms with Gasteiger partial charge in [-0.2, -0.15) is 0 Å². The van der Waals surface area contributed by atoms with Crippen molar-refractivity contribution in [3.63, 3.8) is 0 Å². The molecule has 1 aliphatic carbocycles. The van der Waals surface area contributed by atoms with Crippen LogP contribution in [0.2, 0.25) is 0 Å². The van der Waals surface area contributed by atoms with Gasteiger partial charge < -0.3 is 11.1 Å². The maximum Gasteiger partial charge on any atom is 0.230 e. The molecule has 0 spiro atoms. The molecule has 0 aliphatic heterocycles. The van der Waals surface area contributed by atoms with Gasteiger partial charge in [-0.1, -0.05) is 44.1 Å². The third kappa shape index (κ3) is 3.61. The molecular weight excluding hydrogens is 248 g/mol. The molecule has 3 N–H and O–H groups in total. The van der Waals surface area contributed by atoms with Crippen LogP contribution >= 0.6 is 0 Å². The summed E-state index contributed by atoms with van der Waals surface area (Å²) in [5.74, 6) is 5.93. The van der Waals surface area contributed by atoms with Crippen LogP contribution < -0.4 is 11.1 Å². The quantitative estimate of drug-likeness (QED) is 0.812. The number of nitrogens with one attached hydrogen (secondary N) is 1. The minimum absolute atomic E-state index is 0.126. The number of amides is 1. The van der Waals surface area contributed by atoms with Crippen molar-refractivity contribution in [2.24, 2.45) is 11.1 Å². The third-order valence-corrected chi connectivity index (χ3v) is 3.96. The highest BCUT2D eigenvalue weighted by atomic mass is 16.2. The summed E-state index contributed by atoms with van der Waals surface area (Å²) >= 11 is 0. The first-order valence-corrected chi connectivity index (χ1v) is 7.24. The van der Waals surface area contributed by atoms with Crippen LogP contribution in [0.4, 0.5) is 5.69 Å². The monoisotopic (exact) mass is 270 g/mol. The van der Waals surface area contributed by atoms with Gasteiger partial charge in [-0.3, -0.25) is 4.79 Å². The van der Waals surface area contributed by atoms with E-state index in [-0.39, 0.29) is 11.3 Å². The largest absolute Gasteiger partial charge is 0.326 e. The van der Waals surface area contributed by atoms with Gasteiger partial charge in [0.2, 0.25) is 5.91 Å². The Morgan fingerprint density at radius 2 is 2.10 bits per heavy atom. The van der Waals surface area contributed by atoms with E-state index in [4.69, 9.17) is 5.73 Å². The Hall–Kier alpha value is -1.79. The van der Waals surface area contributed by atoms with E-state index in [9.17, 15) is 4.79 Å². The molecule has 0 saturated heterocycles. The molecule has 0 radical (unpaired) electrons. The van der Waals surface area contributed by atoms with E-state index in [0.29, 0.717) is 6.54 Å². The molecule has 1 fully saturated rings. The average Bonchev–Trinajstić information content (AvgIpc) is 2.46. The maximum absolute atomic E-state index is 12.4. The lowest BCUT2D eigenvalue weighted by Gasteiger charge is -2.32. The van der Waals surface area contributed by atoms with E-state index in [1.54, 1.807) is 0 Å². The second kappa shape index (κ2) is 6.58. The summed E-state index contributed by atoms with van der Waals surface area (Å²) in [4.78, 5) is 12.4. The van der Waals surface area contributed by atoms with Gasteiger partial charge >= 0.3 is 0 Å². The Balaban J connectivity index is 2.07. The molecule has 20 heavy (non-hydrogen) atoms. The summed E-state index contributed by atoms with van der Waals surface area (Å²) < 4.78 is 0. The molecule has 106 valence electrons. The fourth-order valence-corrected chi connectivity index (χ4v) is 2.67. The van der Waals surface area contributed by atoms with E-state index in [2.05, 4.69) is 24.1 Å². The smallest absolute Gasteiger partial charge is 0.230 e. The van der Waals surface area contributed by atoms with Crippen LogP contribution in [0.5, 0.6) is 0 Å². The molecule has 1 aliphatic rings. The summed E-state index contributed by atoms with van der Waals surface area (Å²) in [5.41, 5.74) is 6.83. The standard InChI is InChI=1S/C17H22N2O/c1-17(10-3-2-4-11-17)16(20)19-15-9-5-7-14(13-15)8-6-12-18/h5,7,9,13H,2-4,10-12,18H2,1H3,(H,19,20). The molecular formula is C17H22N2O. The summed E-state index contributed by atoms with van der Waals surface area (Å²) in [6, 6.07) is 7.62. The molecule has 1 aromatic rings. The lowest BCUT2D eigenvalue weighted by molar-refractivity contribution is -0.126. The molecule has 0 unspecified atom stereocenters. The number of hydrogen-bond acceptors (Lipinski definition) is 2. The van der Waals surface area contributed by atoms with Crippen molar-refractivity contribution in [1.82, 2.24) is 0 Å². The molecule has 1 saturated carbocycles. The van der Waals surface area contributed by atoms with Gasteiger partial charge in [0, 0.05) is 16.7 Å². The Labute approximate surface area is 120 Å². The Kier molecular flexibility index (Phi) is 4.81. The van der Waals surface area contributed by atoms with Gasteiger partial charge in [0.05, 0.1) is 6.54 Å². The minimum atomic E-state index is -0.225. The van der Waals surface area contributed by atoms with Crippen LogP contribution in [0, 0.1) is 17.3 Å². The first-order valence-electron chi connectivity index (χ1n) is 7.24. The highest BCUT2D eigenvalue weighted by Crippen LogP contribution is 2.36. The molecule has 0 bridgehead atoms. The highest BCUT2D eigenvalue weighted by Gasteiger charge is 2.34. The SMILES string of the molecule is CC1(C(=O)Nc2cccc(C#CCN)c2)CCCCC1. The van der Waals surface area contributed by atoms with E-state index >= 15 is 0 Å². The van der Waals surface area contributed by atoms with Crippen LogP contribution in [-0.4, -0.2) is 12.5 Å². The third-order valence-electron chi connectivity index (χ3n) is 3.96. The van der Waals surface area contributed by atoms with Gasteiger partial charge in [0.1, 0.15) is 0 Å². The lowest BCUT2D eigenvalue weighted by atomic mass is 9.75. The Bertz CT molecular complexity index is 533. The Morgan fingerprint density at radius 3 is 2.80 bits per heavy atom.